The van der Waals surface area contributed by atoms with Gasteiger partial charge in [0.1, 0.15) is 12.6 Å². The van der Waals surface area contributed by atoms with E-state index < -0.39 is 6.04 Å². The summed E-state index contributed by atoms with van der Waals surface area (Å²) in [5.41, 5.74) is 0. The SMILES string of the molecule is CCC(NC(=O)NC1CCCCN(Cc2nc(C)no2)C1=O)C1CCCCO1. The number of carbonyl (C=O) groups excluding carboxylic acids is 2. The lowest BCUT2D eigenvalue weighted by Crippen LogP contribution is -2.54. The summed E-state index contributed by atoms with van der Waals surface area (Å²) in [5, 5.41) is 9.64. The maximum Gasteiger partial charge on any atom is 0.315 e. The number of hydrogen-bond donors (Lipinski definition) is 2. The number of nitrogens with one attached hydrogen (secondary N) is 2. The molecule has 1 aromatic heterocycles. The van der Waals surface area contributed by atoms with Gasteiger partial charge in [0.25, 0.3) is 0 Å². The highest BCUT2D eigenvalue weighted by Crippen LogP contribution is 2.18. The van der Waals surface area contributed by atoms with Gasteiger partial charge in [-0.25, -0.2) is 4.79 Å². The number of urea groups is 1. The Balaban J connectivity index is 1.56. The highest BCUT2D eigenvalue weighted by atomic mass is 16.5. The zero-order valence-electron chi connectivity index (χ0n) is 16.8. The molecule has 1 aromatic rings. The van der Waals surface area contributed by atoms with E-state index in [1.165, 1.54) is 0 Å². The van der Waals surface area contributed by atoms with Crippen molar-refractivity contribution in [2.45, 2.75) is 83.5 Å². The van der Waals surface area contributed by atoms with Crippen LogP contribution >= 0.6 is 0 Å². The summed E-state index contributed by atoms with van der Waals surface area (Å²) in [6, 6.07) is -0.898. The van der Waals surface area contributed by atoms with Crippen LogP contribution < -0.4 is 10.6 Å². The van der Waals surface area contributed by atoms with Crippen molar-refractivity contribution in [3.8, 4) is 0 Å². The molecule has 0 saturated carbocycles. The van der Waals surface area contributed by atoms with E-state index in [2.05, 4.69) is 20.8 Å². The number of likely N-dealkylation sites (tertiary alicyclic amines) is 1. The third kappa shape index (κ3) is 5.43. The first kappa shape index (κ1) is 20.6. The molecule has 0 spiro atoms. The minimum Gasteiger partial charge on any atom is -0.376 e. The van der Waals surface area contributed by atoms with Crippen LogP contribution in [0, 0.1) is 6.92 Å². The number of rotatable bonds is 6. The van der Waals surface area contributed by atoms with Crippen LogP contribution in [0.25, 0.3) is 0 Å². The van der Waals surface area contributed by atoms with Gasteiger partial charge >= 0.3 is 6.03 Å². The van der Waals surface area contributed by atoms with Gasteiger partial charge in [-0.3, -0.25) is 4.79 Å². The molecule has 2 aliphatic rings. The largest absolute Gasteiger partial charge is 0.376 e. The molecule has 156 valence electrons. The van der Waals surface area contributed by atoms with E-state index in [4.69, 9.17) is 9.26 Å². The molecule has 2 fully saturated rings. The Hall–Kier alpha value is -2.16. The molecule has 28 heavy (non-hydrogen) atoms. The molecule has 2 N–H and O–H groups in total. The molecule has 0 bridgehead atoms. The van der Waals surface area contributed by atoms with Crippen molar-refractivity contribution in [1.82, 2.24) is 25.7 Å². The van der Waals surface area contributed by atoms with Crippen LogP contribution in [-0.2, 0) is 16.1 Å². The van der Waals surface area contributed by atoms with E-state index in [9.17, 15) is 9.59 Å². The molecule has 9 nitrogen and oxygen atoms in total. The van der Waals surface area contributed by atoms with Gasteiger partial charge in [0.15, 0.2) is 5.82 Å². The van der Waals surface area contributed by atoms with Crippen molar-refractivity contribution in [2.75, 3.05) is 13.2 Å². The lowest BCUT2D eigenvalue weighted by molar-refractivity contribution is -0.133. The average molecular weight is 393 g/mol. The third-order valence-electron chi connectivity index (χ3n) is 5.40. The molecular weight excluding hydrogens is 362 g/mol. The van der Waals surface area contributed by atoms with Crippen molar-refractivity contribution in [1.29, 1.82) is 0 Å². The summed E-state index contributed by atoms with van der Waals surface area (Å²) in [7, 11) is 0. The molecule has 2 aliphatic heterocycles. The first-order chi connectivity index (χ1) is 13.6. The molecule has 2 saturated heterocycles. The topological polar surface area (TPSA) is 110 Å². The van der Waals surface area contributed by atoms with Crippen LogP contribution in [0.4, 0.5) is 4.79 Å². The van der Waals surface area contributed by atoms with Gasteiger partial charge in [-0.2, -0.15) is 4.98 Å². The zero-order chi connectivity index (χ0) is 19.9. The minimum absolute atomic E-state index is 0.0429. The Kier molecular flexibility index (Phi) is 7.24. The molecule has 3 unspecified atom stereocenters. The standard InChI is InChI=1S/C19H31N5O4/c1-3-14(16-9-5-7-11-27-16)21-19(26)22-15-8-4-6-10-24(18(15)25)12-17-20-13(2)23-28-17/h14-16H,3-12H2,1-2H3,(H2,21,22,26). The molecule has 9 heteroatoms. The van der Waals surface area contributed by atoms with Crippen molar-refractivity contribution < 1.29 is 18.8 Å². The van der Waals surface area contributed by atoms with E-state index in [0.717, 1.165) is 45.1 Å². The maximum absolute atomic E-state index is 12.9. The minimum atomic E-state index is -0.545. The number of ether oxygens (including phenoxy) is 1. The molecule has 3 heterocycles. The summed E-state index contributed by atoms with van der Waals surface area (Å²) in [4.78, 5) is 31.3. The summed E-state index contributed by atoms with van der Waals surface area (Å²) in [6.45, 7) is 5.41. The van der Waals surface area contributed by atoms with Crippen molar-refractivity contribution in [3.05, 3.63) is 11.7 Å². The summed E-state index contributed by atoms with van der Waals surface area (Å²) in [5.74, 6) is 0.851. The van der Waals surface area contributed by atoms with Gasteiger partial charge in [0, 0.05) is 13.2 Å². The number of amides is 3. The van der Waals surface area contributed by atoms with Crippen LogP contribution in [0.15, 0.2) is 4.52 Å². The van der Waals surface area contributed by atoms with Gasteiger partial charge in [0.05, 0.1) is 12.1 Å². The Morgan fingerprint density at radius 3 is 2.79 bits per heavy atom. The molecular formula is C19H31N5O4. The van der Waals surface area contributed by atoms with E-state index in [1.54, 1.807) is 11.8 Å². The fourth-order valence-electron chi connectivity index (χ4n) is 3.87. The van der Waals surface area contributed by atoms with Crippen LogP contribution in [0.2, 0.25) is 0 Å². The fraction of sp³-hybridized carbons (Fsp3) is 0.789. The second-order valence-corrected chi connectivity index (χ2v) is 7.58. The highest BCUT2D eigenvalue weighted by molar-refractivity contribution is 5.87. The number of aryl methyl sites for hydroxylation is 1. The van der Waals surface area contributed by atoms with Gasteiger partial charge < -0.3 is 24.8 Å². The van der Waals surface area contributed by atoms with Crippen molar-refractivity contribution >= 4 is 11.9 Å². The van der Waals surface area contributed by atoms with Crippen molar-refractivity contribution in [2.24, 2.45) is 0 Å². The number of carbonyl (C=O) groups is 2. The van der Waals surface area contributed by atoms with Crippen LogP contribution in [-0.4, -0.2) is 58.3 Å². The Morgan fingerprint density at radius 2 is 2.11 bits per heavy atom. The average Bonchev–Trinajstić information content (AvgIpc) is 3.04. The lowest BCUT2D eigenvalue weighted by atomic mass is 10.0. The molecule has 0 radical (unpaired) electrons. The van der Waals surface area contributed by atoms with Crippen LogP contribution in [0.3, 0.4) is 0 Å². The third-order valence-corrected chi connectivity index (χ3v) is 5.40. The van der Waals surface area contributed by atoms with Crippen molar-refractivity contribution in [3.63, 3.8) is 0 Å². The molecule has 3 amide bonds. The second kappa shape index (κ2) is 9.86. The highest BCUT2D eigenvalue weighted by Gasteiger charge is 2.31. The predicted molar refractivity (Wildman–Crippen MR) is 101 cm³/mol. The zero-order valence-corrected chi connectivity index (χ0v) is 16.8. The van der Waals surface area contributed by atoms with Gasteiger partial charge in [-0.1, -0.05) is 12.1 Å². The second-order valence-electron chi connectivity index (χ2n) is 7.58. The van der Waals surface area contributed by atoms with E-state index in [0.29, 0.717) is 24.7 Å². The quantitative estimate of drug-likeness (QED) is 0.764. The first-order valence-electron chi connectivity index (χ1n) is 10.3. The summed E-state index contributed by atoms with van der Waals surface area (Å²) in [6.07, 6.45) is 6.37. The Labute approximate surface area is 165 Å². The lowest BCUT2D eigenvalue weighted by Gasteiger charge is -2.31. The number of nitrogens with zero attached hydrogens (tertiary/aromatic N) is 3. The Bertz CT molecular complexity index is 659. The van der Waals surface area contributed by atoms with Crippen LogP contribution in [0.1, 0.15) is 63.6 Å². The number of hydrogen-bond acceptors (Lipinski definition) is 6. The fourth-order valence-corrected chi connectivity index (χ4v) is 3.87. The monoisotopic (exact) mass is 393 g/mol. The smallest absolute Gasteiger partial charge is 0.315 e. The molecule has 3 atom stereocenters. The molecule has 3 rings (SSSR count). The first-order valence-corrected chi connectivity index (χ1v) is 10.3. The van der Waals surface area contributed by atoms with E-state index in [1.807, 2.05) is 6.92 Å². The van der Waals surface area contributed by atoms with E-state index >= 15 is 0 Å². The maximum atomic E-state index is 12.9. The van der Waals surface area contributed by atoms with Gasteiger partial charge in [-0.05, 0) is 51.9 Å². The molecule has 0 aromatic carbocycles. The summed E-state index contributed by atoms with van der Waals surface area (Å²) < 4.78 is 10.9. The van der Waals surface area contributed by atoms with Gasteiger partial charge in [-0.15, -0.1) is 0 Å². The normalized spacial score (nSPS) is 24.5. The van der Waals surface area contributed by atoms with Gasteiger partial charge in [0.2, 0.25) is 11.8 Å². The van der Waals surface area contributed by atoms with E-state index in [-0.39, 0.29) is 30.6 Å². The Morgan fingerprint density at radius 1 is 1.29 bits per heavy atom. The molecule has 0 aliphatic carbocycles. The summed E-state index contributed by atoms with van der Waals surface area (Å²) >= 11 is 0. The van der Waals surface area contributed by atoms with Crippen LogP contribution in [0.5, 0.6) is 0 Å². The predicted octanol–water partition coefficient (Wildman–Crippen LogP) is 1.91. The number of aromatic nitrogens is 2.